The summed E-state index contributed by atoms with van der Waals surface area (Å²) < 4.78 is 14.9. The molecule has 2 rings (SSSR count). The minimum Gasteiger partial charge on any atom is -0.294 e. The molecule has 1 aromatic carbocycles. The van der Waals surface area contributed by atoms with E-state index in [1.54, 1.807) is 29.1 Å². The molecule has 0 bridgehead atoms. The first-order chi connectivity index (χ1) is 7.66. The number of carbonyl (C=O) groups is 1. The topological polar surface area (TPSA) is 34.9 Å². The summed E-state index contributed by atoms with van der Waals surface area (Å²) >= 11 is 0. The summed E-state index contributed by atoms with van der Waals surface area (Å²) in [5.74, 6) is -0.304. The number of ketones is 1. The number of aromatic nitrogens is 2. The Balaban J connectivity index is 2.21. The Morgan fingerprint density at radius 1 is 1.44 bits per heavy atom. The van der Waals surface area contributed by atoms with Crippen molar-refractivity contribution in [3.05, 3.63) is 53.6 Å². The van der Waals surface area contributed by atoms with Crippen molar-refractivity contribution in [1.82, 2.24) is 9.78 Å². The monoisotopic (exact) mass is 218 g/mol. The van der Waals surface area contributed by atoms with E-state index in [0.717, 1.165) is 0 Å². The molecule has 0 radical (unpaired) electrons. The molecule has 3 nitrogen and oxygen atoms in total. The smallest absolute Gasteiger partial charge is 0.162 e. The van der Waals surface area contributed by atoms with Gasteiger partial charge in [0, 0.05) is 11.8 Å². The summed E-state index contributed by atoms with van der Waals surface area (Å²) in [6, 6.07) is 6.52. The van der Waals surface area contributed by atoms with Crippen LogP contribution in [0, 0.1) is 5.82 Å². The number of carbonyl (C=O) groups excluding carboxylic acids is 1. The zero-order valence-corrected chi connectivity index (χ0v) is 8.85. The molecule has 2 aromatic rings. The number of hydrogen-bond acceptors (Lipinski definition) is 2. The molecule has 16 heavy (non-hydrogen) atoms. The molecule has 0 unspecified atom stereocenters. The van der Waals surface area contributed by atoms with Crippen LogP contribution in [-0.2, 0) is 6.54 Å². The molecule has 0 atom stereocenters. The van der Waals surface area contributed by atoms with Crippen LogP contribution >= 0.6 is 0 Å². The van der Waals surface area contributed by atoms with Gasteiger partial charge < -0.3 is 0 Å². The van der Waals surface area contributed by atoms with Gasteiger partial charge >= 0.3 is 0 Å². The van der Waals surface area contributed by atoms with E-state index in [0.29, 0.717) is 17.7 Å². The Labute approximate surface area is 92.5 Å². The van der Waals surface area contributed by atoms with Crippen LogP contribution < -0.4 is 0 Å². The van der Waals surface area contributed by atoms with Gasteiger partial charge in [-0.1, -0.05) is 18.2 Å². The Kier molecular flexibility index (Phi) is 2.81. The maximum absolute atomic E-state index is 13.3. The van der Waals surface area contributed by atoms with E-state index in [2.05, 4.69) is 5.10 Å². The van der Waals surface area contributed by atoms with Crippen molar-refractivity contribution in [1.29, 1.82) is 0 Å². The SMILES string of the molecule is CC(=O)c1cnn(Cc2ccccc2F)c1. The van der Waals surface area contributed by atoms with Crippen LogP contribution in [0.4, 0.5) is 4.39 Å². The van der Waals surface area contributed by atoms with Crippen molar-refractivity contribution in [2.45, 2.75) is 13.5 Å². The van der Waals surface area contributed by atoms with E-state index in [1.165, 1.54) is 19.2 Å². The van der Waals surface area contributed by atoms with E-state index in [-0.39, 0.29) is 11.6 Å². The maximum atomic E-state index is 13.3. The van der Waals surface area contributed by atoms with Gasteiger partial charge in [0.25, 0.3) is 0 Å². The normalized spacial score (nSPS) is 10.4. The quantitative estimate of drug-likeness (QED) is 0.741. The first-order valence-corrected chi connectivity index (χ1v) is 4.93. The summed E-state index contributed by atoms with van der Waals surface area (Å²) in [6.45, 7) is 1.81. The summed E-state index contributed by atoms with van der Waals surface area (Å²) in [5.41, 5.74) is 1.09. The first kappa shape index (κ1) is 10.5. The molecule has 0 saturated heterocycles. The molecule has 0 saturated carbocycles. The number of nitrogens with zero attached hydrogens (tertiary/aromatic N) is 2. The third-order valence-electron chi connectivity index (χ3n) is 2.33. The highest BCUT2D eigenvalue weighted by Crippen LogP contribution is 2.08. The maximum Gasteiger partial charge on any atom is 0.162 e. The van der Waals surface area contributed by atoms with Crippen LogP contribution in [0.3, 0.4) is 0 Å². The lowest BCUT2D eigenvalue weighted by Gasteiger charge is -2.02. The molecular weight excluding hydrogens is 207 g/mol. The van der Waals surface area contributed by atoms with Crippen molar-refractivity contribution in [2.24, 2.45) is 0 Å². The van der Waals surface area contributed by atoms with Crippen LogP contribution in [0.25, 0.3) is 0 Å². The van der Waals surface area contributed by atoms with Gasteiger partial charge in [-0.2, -0.15) is 5.10 Å². The molecule has 0 aliphatic heterocycles. The van der Waals surface area contributed by atoms with Gasteiger partial charge in [0.05, 0.1) is 18.3 Å². The van der Waals surface area contributed by atoms with Gasteiger partial charge in [-0.05, 0) is 13.0 Å². The minimum absolute atomic E-state index is 0.0419. The number of rotatable bonds is 3. The predicted molar refractivity (Wildman–Crippen MR) is 57.7 cm³/mol. The Morgan fingerprint density at radius 2 is 2.19 bits per heavy atom. The lowest BCUT2D eigenvalue weighted by molar-refractivity contribution is 0.101. The van der Waals surface area contributed by atoms with E-state index < -0.39 is 0 Å². The fourth-order valence-electron chi connectivity index (χ4n) is 1.43. The molecule has 1 aromatic heterocycles. The number of halogens is 1. The van der Waals surface area contributed by atoms with Crippen molar-refractivity contribution in [2.75, 3.05) is 0 Å². The van der Waals surface area contributed by atoms with E-state index >= 15 is 0 Å². The summed E-state index contributed by atoms with van der Waals surface area (Å²) in [4.78, 5) is 11.1. The molecule has 0 N–H and O–H groups in total. The van der Waals surface area contributed by atoms with E-state index in [1.807, 2.05) is 0 Å². The summed E-state index contributed by atoms with van der Waals surface area (Å²) in [5, 5.41) is 4.00. The predicted octanol–water partition coefficient (Wildman–Crippen LogP) is 2.27. The zero-order valence-electron chi connectivity index (χ0n) is 8.85. The third-order valence-corrected chi connectivity index (χ3v) is 2.33. The molecular formula is C12H11FN2O. The van der Waals surface area contributed by atoms with Crippen LogP contribution in [0.2, 0.25) is 0 Å². The molecule has 1 heterocycles. The third kappa shape index (κ3) is 2.16. The van der Waals surface area contributed by atoms with Gasteiger partial charge in [0.15, 0.2) is 5.78 Å². The van der Waals surface area contributed by atoms with Crippen molar-refractivity contribution < 1.29 is 9.18 Å². The van der Waals surface area contributed by atoms with E-state index in [4.69, 9.17) is 0 Å². The first-order valence-electron chi connectivity index (χ1n) is 4.93. The number of Topliss-reactive ketones (excluding diaryl/α,β-unsaturated/α-hetero) is 1. The van der Waals surface area contributed by atoms with Gasteiger partial charge in [0.2, 0.25) is 0 Å². The van der Waals surface area contributed by atoms with Crippen LogP contribution in [0.5, 0.6) is 0 Å². The molecule has 0 aliphatic rings. The fraction of sp³-hybridized carbons (Fsp3) is 0.167. The average Bonchev–Trinajstić information content (AvgIpc) is 2.70. The largest absolute Gasteiger partial charge is 0.294 e. The van der Waals surface area contributed by atoms with Crippen LogP contribution in [0.1, 0.15) is 22.8 Å². The second-order valence-electron chi connectivity index (χ2n) is 3.57. The van der Waals surface area contributed by atoms with Crippen molar-refractivity contribution in [3.63, 3.8) is 0 Å². The highest BCUT2D eigenvalue weighted by atomic mass is 19.1. The van der Waals surface area contributed by atoms with Gasteiger partial charge in [-0.15, -0.1) is 0 Å². The zero-order chi connectivity index (χ0) is 11.5. The van der Waals surface area contributed by atoms with Gasteiger partial charge in [-0.25, -0.2) is 4.39 Å². The Hall–Kier alpha value is -1.97. The minimum atomic E-state index is -0.262. The fourth-order valence-corrected chi connectivity index (χ4v) is 1.43. The second-order valence-corrected chi connectivity index (χ2v) is 3.57. The van der Waals surface area contributed by atoms with E-state index in [9.17, 15) is 9.18 Å². The Morgan fingerprint density at radius 3 is 2.81 bits per heavy atom. The molecule has 0 amide bonds. The van der Waals surface area contributed by atoms with Crippen LogP contribution in [-0.4, -0.2) is 15.6 Å². The lowest BCUT2D eigenvalue weighted by Crippen LogP contribution is -2.02. The average molecular weight is 218 g/mol. The van der Waals surface area contributed by atoms with Gasteiger partial charge in [0.1, 0.15) is 5.82 Å². The molecule has 0 aliphatic carbocycles. The summed E-state index contributed by atoms with van der Waals surface area (Å²) in [6.07, 6.45) is 3.11. The number of hydrogen-bond donors (Lipinski definition) is 0. The van der Waals surface area contributed by atoms with Gasteiger partial charge in [-0.3, -0.25) is 9.48 Å². The standard InChI is InChI=1S/C12H11FN2O/c1-9(16)11-6-14-15(8-11)7-10-4-2-3-5-12(10)13/h2-6,8H,7H2,1H3. The molecule has 4 heteroatoms. The summed E-state index contributed by atoms with van der Waals surface area (Å²) in [7, 11) is 0. The Bertz CT molecular complexity index is 519. The van der Waals surface area contributed by atoms with Crippen LogP contribution in [0.15, 0.2) is 36.7 Å². The highest BCUT2D eigenvalue weighted by molar-refractivity contribution is 5.93. The molecule has 0 spiro atoms. The highest BCUT2D eigenvalue weighted by Gasteiger charge is 2.05. The lowest BCUT2D eigenvalue weighted by atomic mass is 10.2. The second kappa shape index (κ2) is 4.26. The molecule has 82 valence electrons. The number of benzene rings is 1. The van der Waals surface area contributed by atoms with Crippen molar-refractivity contribution in [3.8, 4) is 0 Å². The van der Waals surface area contributed by atoms with Crippen molar-refractivity contribution >= 4 is 5.78 Å². The molecule has 0 fully saturated rings.